The fraction of sp³-hybridized carbons (Fsp3) is 0.474. The molecule has 1 aromatic rings. The van der Waals surface area contributed by atoms with Crippen LogP contribution in [0.3, 0.4) is 0 Å². The van der Waals surface area contributed by atoms with Crippen LogP contribution < -0.4 is 9.47 Å². The third-order valence-electron chi connectivity index (χ3n) is 4.29. The lowest BCUT2D eigenvalue weighted by Gasteiger charge is -2.34. The highest BCUT2D eigenvalue weighted by molar-refractivity contribution is 5.77. The zero-order valence-electron chi connectivity index (χ0n) is 15.4. The van der Waals surface area contributed by atoms with Crippen LogP contribution in [0.15, 0.2) is 30.9 Å². The molecule has 7 heteroatoms. The molecule has 0 atom stereocenters. The van der Waals surface area contributed by atoms with E-state index in [9.17, 15) is 9.59 Å². The van der Waals surface area contributed by atoms with E-state index in [1.54, 1.807) is 24.0 Å². The summed E-state index contributed by atoms with van der Waals surface area (Å²) in [6.07, 6.45) is 2.21. The first-order valence-corrected chi connectivity index (χ1v) is 8.60. The Balaban J connectivity index is 1.80. The molecule has 1 saturated heterocycles. The predicted octanol–water partition coefficient (Wildman–Crippen LogP) is 2.10. The summed E-state index contributed by atoms with van der Waals surface area (Å²) < 4.78 is 15.5. The molecule has 0 aliphatic carbocycles. The second-order valence-electron chi connectivity index (χ2n) is 5.92. The number of aryl methyl sites for hydroxylation is 1. The Labute approximate surface area is 154 Å². The lowest BCUT2D eigenvalue weighted by Crippen LogP contribution is -2.50. The first-order valence-electron chi connectivity index (χ1n) is 8.60. The topological polar surface area (TPSA) is 68.3 Å². The molecule has 0 unspecified atom stereocenters. The quantitative estimate of drug-likeness (QED) is 0.695. The van der Waals surface area contributed by atoms with Gasteiger partial charge in [-0.1, -0.05) is 18.7 Å². The fourth-order valence-corrected chi connectivity index (χ4v) is 2.81. The van der Waals surface area contributed by atoms with Crippen molar-refractivity contribution in [1.82, 2.24) is 9.80 Å². The van der Waals surface area contributed by atoms with E-state index in [1.807, 2.05) is 18.2 Å². The number of carbonyl (C=O) groups is 2. The van der Waals surface area contributed by atoms with Crippen LogP contribution in [0, 0.1) is 0 Å². The van der Waals surface area contributed by atoms with Gasteiger partial charge in [-0.2, -0.15) is 0 Å². The molecule has 1 aliphatic heterocycles. The van der Waals surface area contributed by atoms with Crippen molar-refractivity contribution < 1.29 is 23.8 Å². The molecule has 0 bridgehead atoms. The molecule has 2 amide bonds. The van der Waals surface area contributed by atoms with Crippen LogP contribution in [0.2, 0.25) is 0 Å². The number of ether oxygens (including phenoxy) is 3. The molecule has 26 heavy (non-hydrogen) atoms. The van der Waals surface area contributed by atoms with Gasteiger partial charge < -0.3 is 24.0 Å². The fourth-order valence-electron chi connectivity index (χ4n) is 2.81. The van der Waals surface area contributed by atoms with Crippen LogP contribution in [-0.4, -0.2) is 68.8 Å². The minimum absolute atomic E-state index is 0.0823. The van der Waals surface area contributed by atoms with Gasteiger partial charge in [-0.25, -0.2) is 4.79 Å². The summed E-state index contributed by atoms with van der Waals surface area (Å²) in [5, 5.41) is 0. The zero-order chi connectivity index (χ0) is 18.9. The van der Waals surface area contributed by atoms with Crippen molar-refractivity contribution in [3.8, 4) is 11.5 Å². The average Bonchev–Trinajstić information content (AvgIpc) is 2.69. The molecule has 0 N–H and O–H groups in total. The third kappa shape index (κ3) is 5.15. The van der Waals surface area contributed by atoms with Gasteiger partial charge in [0.1, 0.15) is 6.61 Å². The molecular weight excluding hydrogens is 336 g/mol. The lowest BCUT2D eigenvalue weighted by atomic mass is 10.1. The van der Waals surface area contributed by atoms with E-state index in [2.05, 4.69) is 6.58 Å². The van der Waals surface area contributed by atoms with Crippen molar-refractivity contribution in [2.45, 2.75) is 12.8 Å². The summed E-state index contributed by atoms with van der Waals surface area (Å²) >= 11 is 0. The molecule has 1 aromatic carbocycles. The highest BCUT2D eigenvalue weighted by atomic mass is 16.6. The van der Waals surface area contributed by atoms with Gasteiger partial charge in [-0.05, 0) is 24.1 Å². The molecule has 0 spiro atoms. The van der Waals surface area contributed by atoms with Crippen LogP contribution >= 0.6 is 0 Å². The smallest absolute Gasteiger partial charge is 0.410 e. The van der Waals surface area contributed by atoms with Gasteiger partial charge in [0.2, 0.25) is 5.91 Å². The van der Waals surface area contributed by atoms with Gasteiger partial charge >= 0.3 is 6.09 Å². The minimum atomic E-state index is -0.359. The third-order valence-corrected chi connectivity index (χ3v) is 4.29. The van der Waals surface area contributed by atoms with Crippen LogP contribution in [0.4, 0.5) is 4.79 Å². The first kappa shape index (κ1) is 19.6. The number of carbonyl (C=O) groups excluding carboxylic acids is 2. The summed E-state index contributed by atoms with van der Waals surface area (Å²) in [7, 11) is 3.18. The SMILES string of the molecule is C=CCOC(=O)N1CCN(C(=O)CCc2ccc(OC)c(OC)c2)CC1. The van der Waals surface area contributed by atoms with Gasteiger partial charge in [0.15, 0.2) is 11.5 Å². The number of rotatable bonds is 7. The summed E-state index contributed by atoms with van der Waals surface area (Å²) in [5.74, 6) is 1.41. The maximum Gasteiger partial charge on any atom is 0.410 e. The van der Waals surface area contributed by atoms with E-state index < -0.39 is 0 Å². The Bertz CT molecular complexity index is 639. The summed E-state index contributed by atoms with van der Waals surface area (Å²) in [4.78, 5) is 27.6. The number of methoxy groups -OCH3 is 2. The minimum Gasteiger partial charge on any atom is -0.493 e. The Hall–Kier alpha value is -2.70. The molecule has 7 nitrogen and oxygen atoms in total. The van der Waals surface area contributed by atoms with Crippen molar-refractivity contribution in [2.75, 3.05) is 47.0 Å². The number of nitrogens with zero attached hydrogens (tertiary/aromatic N) is 2. The largest absolute Gasteiger partial charge is 0.493 e. The van der Waals surface area contributed by atoms with E-state index in [0.29, 0.717) is 50.5 Å². The number of hydrogen-bond acceptors (Lipinski definition) is 5. The molecule has 1 heterocycles. The monoisotopic (exact) mass is 362 g/mol. The van der Waals surface area contributed by atoms with E-state index in [4.69, 9.17) is 14.2 Å². The van der Waals surface area contributed by atoms with Gasteiger partial charge in [0.05, 0.1) is 14.2 Å². The van der Waals surface area contributed by atoms with E-state index in [0.717, 1.165) is 5.56 Å². The second-order valence-corrected chi connectivity index (χ2v) is 5.92. The molecule has 0 aromatic heterocycles. The summed E-state index contributed by atoms with van der Waals surface area (Å²) in [6, 6.07) is 5.66. The lowest BCUT2D eigenvalue weighted by molar-refractivity contribution is -0.132. The van der Waals surface area contributed by atoms with Gasteiger partial charge in [0, 0.05) is 32.6 Å². The highest BCUT2D eigenvalue weighted by Crippen LogP contribution is 2.28. The molecule has 0 radical (unpaired) electrons. The van der Waals surface area contributed by atoms with E-state index in [1.165, 1.54) is 6.08 Å². The van der Waals surface area contributed by atoms with Crippen molar-refractivity contribution in [3.05, 3.63) is 36.4 Å². The Morgan fingerprint density at radius 2 is 1.73 bits per heavy atom. The predicted molar refractivity (Wildman–Crippen MR) is 97.6 cm³/mol. The van der Waals surface area contributed by atoms with Crippen LogP contribution in [0.25, 0.3) is 0 Å². The standard InChI is InChI=1S/C19H26N2O5/c1-4-13-26-19(23)21-11-9-20(10-12-21)18(22)8-6-15-5-7-16(24-2)17(14-15)25-3/h4-5,7,14H,1,6,8-13H2,2-3H3. The maximum absolute atomic E-state index is 12.4. The number of amides is 2. The van der Waals surface area contributed by atoms with E-state index >= 15 is 0 Å². The molecule has 2 rings (SSSR count). The van der Waals surface area contributed by atoms with Crippen LogP contribution in [0.1, 0.15) is 12.0 Å². The van der Waals surface area contributed by atoms with Gasteiger partial charge in [-0.15, -0.1) is 0 Å². The maximum atomic E-state index is 12.4. The molecule has 0 saturated carbocycles. The zero-order valence-corrected chi connectivity index (χ0v) is 15.4. The van der Waals surface area contributed by atoms with Gasteiger partial charge in [-0.3, -0.25) is 4.79 Å². The molecular formula is C19H26N2O5. The molecule has 1 fully saturated rings. The summed E-state index contributed by atoms with van der Waals surface area (Å²) in [6.45, 7) is 5.73. The average molecular weight is 362 g/mol. The van der Waals surface area contributed by atoms with Gasteiger partial charge in [0.25, 0.3) is 0 Å². The first-order chi connectivity index (χ1) is 12.6. The summed E-state index contributed by atoms with van der Waals surface area (Å²) in [5.41, 5.74) is 1.02. The number of benzene rings is 1. The Kier molecular flexibility index (Phi) is 7.32. The normalized spacial score (nSPS) is 13.9. The van der Waals surface area contributed by atoms with Crippen molar-refractivity contribution >= 4 is 12.0 Å². The van der Waals surface area contributed by atoms with Crippen molar-refractivity contribution in [2.24, 2.45) is 0 Å². The highest BCUT2D eigenvalue weighted by Gasteiger charge is 2.24. The Morgan fingerprint density at radius 1 is 1.08 bits per heavy atom. The number of hydrogen-bond donors (Lipinski definition) is 0. The second kappa shape index (κ2) is 9.70. The van der Waals surface area contributed by atoms with E-state index in [-0.39, 0.29) is 18.6 Å². The van der Waals surface area contributed by atoms with Crippen molar-refractivity contribution in [3.63, 3.8) is 0 Å². The molecule has 142 valence electrons. The van der Waals surface area contributed by atoms with Crippen LogP contribution in [-0.2, 0) is 16.0 Å². The van der Waals surface area contributed by atoms with Crippen LogP contribution in [0.5, 0.6) is 11.5 Å². The molecule has 1 aliphatic rings. The number of piperazine rings is 1. The Morgan fingerprint density at radius 3 is 2.35 bits per heavy atom. The van der Waals surface area contributed by atoms with Crippen molar-refractivity contribution in [1.29, 1.82) is 0 Å².